The molecule has 1 amide bonds. The van der Waals surface area contributed by atoms with Gasteiger partial charge < -0.3 is 5.11 Å². The van der Waals surface area contributed by atoms with E-state index < -0.39 is 11.9 Å². The Labute approximate surface area is 119 Å². The predicted molar refractivity (Wildman–Crippen MR) is 75.4 cm³/mol. The van der Waals surface area contributed by atoms with Crippen LogP contribution in [0.25, 0.3) is 0 Å². The number of hydrogen-bond acceptors (Lipinski definition) is 5. The molecule has 2 N–H and O–H groups in total. The van der Waals surface area contributed by atoms with Crippen molar-refractivity contribution in [3.05, 3.63) is 40.2 Å². The molecule has 2 rings (SSSR count). The van der Waals surface area contributed by atoms with Gasteiger partial charge in [0.05, 0.1) is 11.3 Å². The van der Waals surface area contributed by atoms with E-state index in [4.69, 9.17) is 5.11 Å². The quantitative estimate of drug-likeness (QED) is 0.902. The first-order valence-electron chi connectivity index (χ1n) is 5.99. The summed E-state index contributed by atoms with van der Waals surface area (Å²) in [6.07, 6.45) is 2.16. The zero-order valence-corrected chi connectivity index (χ0v) is 11.8. The fourth-order valence-corrected chi connectivity index (χ4v) is 2.62. The minimum absolute atomic E-state index is 0.120. The number of nitrogens with one attached hydrogen (secondary N) is 1. The van der Waals surface area contributed by atoms with Gasteiger partial charge in [-0.15, -0.1) is 11.3 Å². The van der Waals surface area contributed by atoms with E-state index in [2.05, 4.69) is 15.3 Å². The van der Waals surface area contributed by atoms with E-state index in [-0.39, 0.29) is 11.3 Å². The number of amides is 1. The largest absolute Gasteiger partial charge is 0.478 e. The maximum absolute atomic E-state index is 12.1. The van der Waals surface area contributed by atoms with Crippen LogP contribution in [0.2, 0.25) is 0 Å². The summed E-state index contributed by atoms with van der Waals surface area (Å²) in [5.74, 6) is -1.76. The molecule has 0 radical (unpaired) electrons. The lowest BCUT2D eigenvalue weighted by atomic mass is 10.2. The number of rotatable bonds is 4. The molecule has 0 saturated carbocycles. The fraction of sp³-hybridized carbons (Fsp3) is 0.231. The maximum Gasteiger partial charge on any atom is 0.338 e. The number of hydrogen-bond donors (Lipinski definition) is 2. The number of carboxylic acid groups (broad SMARTS) is 1. The van der Waals surface area contributed by atoms with E-state index in [1.165, 1.54) is 29.7 Å². The van der Waals surface area contributed by atoms with Gasteiger partial charge in [0.2, 0.25) is 0 Å². The lowest BCUT2D eigenvalue weighted by Crippen LogP contribution is -2.18. The first-order chi connectivity index (χ1) is 9.52. The standard InChI is InChI=1S/C13H13N3O3S/c1-3-9-7(2)20-13(15-9)16-11(17)10-8(12(18)19)5-4-6-14-10/h4-6H,3H2,1-2H3,(H,18,19)(H,15,16,17). The molecule has 0 fully saturated rings. The molecule has 2 aromatic rings. The third-order valence-electron chi connectivity index (χ3n) is 2.70. The van der Waals surface area contributed by atoms with E-state index in [1.807, 2.05) is 13.8 Å². The van der Waals surface area contributed by atoms with Crippen molar-refractivity contribution < 1.29 is 14.7 Å². The number of nitrogens with zero attached hydrogens (tertiary/aromatic N) is 2. The minimum Gasteiger partial charge on any atom is -0.478 e. The summed E-state index contributed by atoms with van der Waals surface area (Å²) in [5.41, 5.74) is 0.671. The summed E-state index contributed by atoms with van der Waals surface area (Å²) in [7, 11) is 0. The van der Waals surface area contributed by atoms with E-state index in [1.54, 1.807) is 0 Å². The average Bonchev–Trinajstić information content (AvgIpc) is 2.78. The average molecular weight is 291 g/mol. The van der Waals surface area contributed by atoms with Gasteiger partial charge in [0.15, 0.2) is 5.13 Å². The SMILES string of the molecule is CCc1nc(NC(=O)c2ncccc2C(=O)O)sc1C. The lowest BCUT2D eigenvalue weighted by Gasteiger charge is -2.03. The molecule has 0 bridgehead atoms. The van der Waals surface area contributed by atoms with Gasteiger partial charge in [-0.05, 0) is 25.5 Å². The van der Waals surface area contributed by atoms with Crippen molar-refractivity contribution >= 4 is 28.3 Å². The van der Waals surface area contributed by atoms with Crippen molar-refractivity contribution in [2.24, 2.45) is 0 Å². The molecule has 2 aromatic heterocycles. The van der Waals surface area contributed by atoms with Crippen LogP contribution in [-0.4, -0.2) is 27.0 Å². The Balaban J connectivity index is 2.26. The first kappa shape index (κ1) is 14.1. The Morgan fingerprint density at radius 2 is 2.20 bits per heavy atom. The van der Waals surface area contributed by atoms with E-state index in [0.717, 1.165) is 17.0 Å². The number of carboxylic acids is 1. The van der Waals surface area contributed by atoms with Crippen molar-refractivity contribution in [3.63, 3.8) is 0 Å². The van der Waals surface area contributed by atoms with Gasteiger partial charge in [0, 0.05) is 11.1 Å². The Morgan fingerprint density at radius 3 is 2.80 bits per heavy atom. The number of anilines is 1. The zero-order valence-electron chi connectivity index (χ0n) is 11.0. The molecule has 6 nitrogen and oxygen atoms in total. The van der Waals surface area contributed by atoms with Gasteiger partial charge in [-0.25, -0.2) is 9.78 Å². The number of thiazole rings is 1. The summed E-state index contributed by atoms with van der Waals surface area (Å²) in [6, 6.07) is 2.82. The molecule has 0 unspecified atom stereocenters. The second-order valence-electron chi connectivity index (χ2n) is 4.03. The summed E-state index contributed by atoms with van der Waals surface area (Å²) >= 11 is 1.36. The molecule has 0 aliphatic heterocycles. The van der Waals surface area contributed by atoms with Crippen molar-refractivity contribution in [3.8, 4) is 0 Å². The van der Waals surface area contributed by atoms with Crippen molar-refractivity contribution in [2.75, 3.05) is 5.32 Å². The van der Waals surface area contributed by atoms with Crippen LogP contribution in [0.3, 0.4) is 0 Å². The molecule has 2 heterocycles. The molecule has 7 heteroatoms. The van der Waals surface area contributed by atoms with Crippen LogP contribution < -0.4 is 5.32 Å². The highest BCUT2D eigenvalue weighted by Crippen LogP contribution is 2.23. The highest BCUT2D eigenvalue weighted by atomic mass is 32.1. The van der Waals surface area contributed by atoms with Crippen LogP contribution in [0.4, 0.5) is 5.13 Å². The molecule has 104 valence electrons. The van der Waals surface area contributed by atoms with Crippen LogP contribution in [0.15, 0.2) is 18.3 Å². The number of carbonyl (C=O) groups excluding carboxylic acids is 1. The molecule has 0 saturated heterocycles. The number of carbonyl (C=O) groups is 2. The van der Waals surface area contributed by atoms with Gasteiger partial charge in [0.1, 0.15) is 5.69 Å². The fourth-order valence-electron chi connectivity index (χ4n) is 1.72. The highest BCUT2D eigenvalue weighted by molar-refractivity contribution is 7.15. The van der Waals surface area contributed by atoms with Gasteiger partial charge in [-0.2, -0.15) is 0 Å². The van der Waals surface area contributed by atoms with Crippen LogP contribution in [-0.2, 0) is 6.42 Å². The van der Waals surface area contributed by atoms with Gasteiger partial charge in [-0.3, -0.25) is 15.1 Å². The number of aromatic carboxylic acids is 1. The lowest BCUT2D eigenvalue weighted by molar-refractivity contribution is 0.0691. The number of aryl methyl sites for hydroxylation is 2. The van der Waals surface area contributed by atoms with E-state index in [9.17, 15) is 9.59 Å². The molecule has 0 spiro atoms. The van der Waals surface area contributed by atoms with E-state index in [0.29, 0.717) is 5.13 Å². The smallest absolute Gasteiger partial charge is 0.338 e. The Bertz CT molecular complexity index is 667. The highest BCUT2D eigenvalue weighted by Gasteiger charge is 2.19. The Hall–Kier alpha value is -2.28. The number of aromatic nitrogens is 2. The molecule has 0 aliphatic rings. The molecule has 0 aliphatic carbocycles. The molecule has 20 heavy (non-hydrogen) atoms. The molecular weight excluding hydrogens is 278 g/mol. The van der Waals surface area contributed by atoms with Crippen LogP contribution in [0.5, 0.6) is 0 Å². The summed E-state index contributed by atoms with van der Waals surface area (Å²) in [4.78, 5) is 32.3. The molecule has 0 atom stereocenters. The normalized spacial score (nSPS) is 10.3. The second-order valence-corrected chi connectivity index (χ2v) is 5.24. The summed E-state index contributed by atoms with van der Waals surface area (Å²) in [6.45, 7) is 3.91. The monoisotopic (exact) mass is 291 g/mol. The zero-order chi connectivity index (χ0) is 14.7. The van der Waals surface area contributed by atoms with Crippen molar-refractivity contribution in [1.82, 2.24) is 9.97 Å². The number of pyridine rings is 1. The van der Waals surface area contributed by atoms with Crippen molar-refractivity contribution in [1.29, 1.82) is 0 Å². The molecular formula is C13H13N3O3S. The molecule has 0 aromatic carbocycles. The van der Waals surface area contributed by atoms with E-state index >= 15 is 0 Å². The van der Waals surface area contributed by atoms with Gasteiger partial charge in [0.25, 0.3) is 5.91 Å². The van der Waals surface area contributed by atoms with Crippen LogP contribution in [0.1, 0.15) is 38.3 Å². The van der Waals surface area contributed by atoms with Crippen LogP contribution >= 0.6 is 11.3 Å². The topological polar surface area (TPSA) is 92.2 Å². The predicted octanol–water partition coefficient (Wildman–Crippen LogP) is 2.36. The summed E-state index contributed by atoms with van der Waals surface area (Å²) in [5, 5.41) is 12.1. The third kappa shape index (κ3) is 2.83. The van der Waals surface area contributed by atoms with Crippen molar-refractivity contribution in [2.45, 2.75) is 20.3 Å². The maximum atomic E-state index is 12.1. The Kier molecular flexibility index (Phi) is 4.09. The van der Waals surface area contributed by atoms with Gasteiger partial charge in [-0.1, -0.05) is 6.92 Å². The second kappa shape index (κ2) is 5.79. The Morgan fingerprint density at radius 1 is 1.45 bits per heavy atom. The van der Waals surface area contributed by atoms with Gasteiger partial charge >= 0.3 is 5.97 Å². The third-order valence-corrected chi connectivity index (χ3v) is 3.63. The first-order valence-corrected chi connectivity index (χ1v) is 6.80. The van der Waals surface area contributed by atoms with Crippen LogP contribution in [0, 0.1) is 6.92 Å². The minimum atomic E-state index is -1.19. The summed E-state index contributed by atoms with van der Waals surface area (Å²) < 4.78 is 0.